The van der Waals surface area contributed by atoms with E-state index >= 15 is 0 Å². The van der Waals surface area contributed by atoms with Crippen molar-refractivity contribution in [1.29, 1.82) is 0 Å². The number of rotatable bonds is 1. The Hall–Kier alpha value is -1.76. The van der Waals surface area contributed by atoms with Crippen LogP contribution in [0, 0.1) is 0 Å². The molecule has 8 heteroatoms. The minimum atomic E-state index is -0.835. The molecule has 0 spiro atoms. The summed E-state index contributed by atoms with van der Waals surface area (Å²) in [6.45, 7) is 1.24. The van der Waals surface area contributed by atoms with Crippen molar-refractivity contribution in [2.75, 3.05) is 23.7 Å². The number of aromatic nitrogens is 2. The van der Waals surface area contributed by atoms with E-state index in [0.717, 1.165) is 24.9 Å². The lowest BCUT2D eigenvalue weighted by molar-refractivity contribution is 0.0606. The van der Waals surface area contributed by atoms with Crippen molar-refractivity contribution in [1.82, 2.24) is 15.1 Å². The lowest BCUT2D eigenvalue weighted by Gasteiger charge is -2.49. The first-order valence-corrected chi connectivity index (χ1v) is 6.99. The molecule has 1 amide bonds. The summed E-state index contributed by atoms with van der Waals surface area (Å²) in [5, 5.41) is 17.2. The molecule has 1 aromatic rings. The quantitative estimate of drug-likeness (QED) is 0.814. The Balaban J connectivity index is 1.88. The summed E-state index contributed by atoms with van der Waals surface area (Å²) in [5.41, 5.74) is 6.60. The fourth-order valence-electron chi connectivity index (χ4n) is 3.24. The van der Waals surface area contributed by atoms with Gasteiger partial charge in [-0.15, -0.1) is 10.2 Å². The van der Waals surface area contributed by atoms with Crippen LogP contribution in [-0.4, -0.2) is 51.5 Å². The highest BCUT2D eigenvalue weighted by atomic mass is 35.5. The first-order valence-electron chi connectivity index (χ1n) is 6.61. The largest absolute Gasteiger partial charge is 0.465 e. The van der Waals surface area contributed by atoms with E-state index in [1.165, 1.54) is 0 Å². The summed E-state index contributed by atoms with van der Waals surface area (Å²) in [4.78, 5) is 15.0. The molecule has 3 rings (SSSR count). The topological polar surface area (TPSA) is 95.6 Å². The van der Waals surface area contributed by atoms with Crippen LogP contribution >= 0.6 is 11.6 Å². The molecule has 0 aliphatic carbocycles. The number of piperazine rings is 1. The molecular formula is C12H16ClN5O2. The molecule has 2 bridgehead atoms. The number of nitrogens with two attached hydrogens (primary N) is 1. The third-order valence-electron chi connectivity index (χ3n) is 4.06. The van der Waals surface area contributed by atoms with E-state index in [1.54, 1.807) is 11.0 Å². The van der Waals surface area contributed by atoms with Crippen molar-refractivity contribution >= 4 is 29.2 Å². The number of hydrogen-bond acceptors (Lipinski definition) is 5. The molecule has 7 nitrogen and oxygen atoms in total. The molecular weight excluding hydrogens is 282 g/mol. The van der Waals surface area contributed by atoms with E-state index in [4.69, 9.17) is 17.3 Å². The highest BCUT2D eigenvalue weighted by molar-refractivity contribution is 6.29. The average Bonchev–Trinajstić information content (AvgIpc) is 2.40. The van der Waals surface area contributed by atoms with Crippen LogP contribution in [0.25, 0.3) is 0 Å². The number of amides is 1. The summed E-state index contributed by atoms with van der Waals surface area (Å²) in [6.07, 6.45) is 1.99. The highest BCUT2D eigenvalue weighted by Crippen LogP contribution is 2.33. The normalized spacial score (nSPS) is 25.6. The summed E-state index contributed by atoms with van der Waals surface area (Å²) in [6, 6.07) is 1.70. The smallest absolute Gasteiger partial charge is 0.407 e. The standard InChI is InChI=1S/C12H16ClN5O2/c13-10-4-9(11(14)16-15-10)17-5-7-2-1-3-8(6-17)18(7)12(19)20/h4,7-8H,1-3,5-6H2,(H2,14,16)(H,19,20). The van der Waals surface area contributed by atoms with Crippen LogP contribution in [0.5, 0.6) is 0 Å². The van der Waals surface area contributed by atoms with Crippen molar-refractivity contribution in [3.63, 3.8) is 0 Å². The van der Waals surface area contributed by atoms with Crippen LogP contribution < -0.4 is 10.6 Å². The summed E-state index contributed by atoms with van der Waals surface area (Å²) >= 11 is 5.88. The molecule has 20 heavy (non-hydrogen) atoms. The van der Waals surface area contributed by atoms with Gasteiger partial charge in [0.2, 0.25) is 0 Å². The maximum Gasteiger partial charge on any atom is 0.407 e. The van der Waals surface area contributed by atoms with Crippen LogP contribution in [0.15, 0.2) is 6.07 Å². The van der Waals surface area contributed by atoms with Gasteiger partial charge in [-0.3, -0.25) is 4.90 Å². The number of hydrogen-bond donors (Lipinski definition) is 2. The van der Waals surface area contributed by atoms with Gasteiger partial charge in [0.1, 0.15) is 0 Å². The summed E-state index contributed by atoms with van der Waals surface area (Å²) in [5.74, 6) is 0.330. The number of carboxylic acid groups (broad SMARTS) is 1. The number of nitrogens with zero attached hydrogens (tertiary/aromatic N) is 4. The Kier molecular flexibility index (Phi) is 3.29. The SMILES string of the molecule is Nc1nnc(Cl)cc1N1CC2CCCC(C1)N2C(=O)O. The van der Waals surface area contributed by atoms with Gasteiger partial charge in [-0.2, -0.15) is 0 Å². The second kappa shape index (κ2) is 4.97. The Morgan fingerprint density at radius 3 is 2.60 bits per heavy atom. The second-order valence-corrected chi connectivity index (χ2v) is 5.66. The zero-order valence-electron chi connectivity index (χ0n) is 10.9. The number of fused-ring (bicyclic) bond motifs is 2. The van der Waals surface area contributed by atoms with Gasteiger partial charge in [-0.05, 0) is 19.3 Å². The van der Waals surface area contributed by atoms with Gasteiger partial charge in [0.05, 0.1) is 17.8 Å². The summed E-state index contributed by atoms with van der Waals surface area (Å²) in [7, 11) is 0. The predicted octanol–water partition coefficient (Wildman–Crippen LogP) is 1.43. The third kappa shape index (κ3) is 2.22. The monoisotopic (exact) mass is 297 g/mol. The molecule has 2 saturated heterocycles. The van der Waals surface area contributed by atoms with E-state index in [9.17, 15) is 9.90 Å². The van der Waals surface area contributed by atoms with Gasteiger partial charge in [-0.1, -0.05) is 11.6 Å². The molecule has 0 radical (unpaired) electrons. The van der Waals surface area contributed by atoms with Crippen LogP contribution in [-0.2, 0) is 0 Å². The van der Waals surface area contributed by atoms with Gasteiger partial charge in [0, 0.05) is 19.2 Å². The Morgan fingerprint density at radius 1 is 1.35 bits per heavy atom. The molecule has 1 aromatic heterocycles. The fourth-order valence-corrected chi connectivity index (χ4v) is 3.38. The number of halogens is 1. The predicted molar refractivity (Wildman–Crippen MR) is 75.0 cm³/mol. The Labute approximate surface area is 121 Å². The van der Waals surface area contributed by atoms with Crippen molar-refractivity contribution < 1.29 is 9.90 Å². The van der Waals surface area contributed by atoms with E-state index in [-0.39, 0.29) is 12.1 Å². The van der Waals surface area contributed by atoms with Gasteiger partial charge in [0.25, 0.3) is 0 Å². The maximum atomic E-state index is 11.4. The molecule has 0 aromatic carbocycles. The van der Waals surface area contributed by atoms with Crippen LogP contribution in [0.1, 0.15) is 19.3 Å². The number of nitrogen functional groups attached to an aromatic ring is 1. The van der Waals surface area contributed by atoms with Gasteiger partial charge in [-0.25, -0.2) is 4.79 Å². The first kappa shape index (κ1) is 13.2. The van der Waals surface area contributed by atoms with Crippen molar-refractivity contribution in [2.24, 2.45) is 0 Å². The van der Waals surface area contributed by atoms with Crippen LogP contribution in [0.4, 0.5) is 16.3 Å². The van der Waals surface area contributed by atoms with Crippen molar-refractivity contribution in [3.05, 3.63) is 11.2 Å². The maximum absolute atomic E-state index is 11.4. The van der Waals surface area contributed by atoms with Crippen molar-refractivity contribution in [2.45, 2.75) is 31.3 Å². The second-order valence-electron chi connectivity index (χ2n) is 5.27. The number of piperidine rings is 1. The summed E-state index contributed by atoms with van der Waals surface area (Å²) < 4.78 is 0. The van der Waals surface area contributed by atoms with Crippen molar-refractivity contribution in [3.8, 4) is 0 Å². The van der Waals surface area contributed by atoms with Gasteiger partial charge < -0.3 is 15.7 Å². The number of carbonyl (C=O) groups is 1. The molecule has 3 heterocycles. The Bertz CT molecular complexity index is 527. The molecule has 3 N–H and O–H groups in total. The third-order valence-corrected chi connectivity index (χ3v) is 4.24. The van der Waals surface area contributed by atoms with Gasteiger partial charge in [0.15, 0.2) is 11.0 Å². The molecule has 2 aliphatic heterocycles. The van der Waals surface area contributed by atoms with E-state index < -0.39 is 6.09 Å². The molecule has 108 valence electrons. The zero-order chi connectivity index (χ0) is 14.3. The molecule has 2 aliphatic rings. The minimum absolute atomic E-state index is 0.00587. The fraction of sp³-hybridized carbons (Fsp3) is 0.583. The molecule has 0 saturated carbocycles. The molecule has 2 fully saturated rings. The molecule has 2 unspecified atom stereocenters. The van der Waals surface area contributed by atoms with Gasteiger partial charge >= 0.3 is 6.09 Å². The Morgan fingerprint density at radius 2 is 2.00 bits per heavy atom. The highest BCUT2D eigenvalue weighted by Gasteiger charge is 2.40. The van der Waals surface area contributed by atoms with E-state index in [2.05, 4.69) is 15.1 Å². The van der Waals surface area contributed by atoms with Crippen LogP contribution in [0.2, 0.25) is 5.15 Å². The minimum Gasteiger partial charge on any atom is -0.465 e. The van der Waals surface area contributed by atoms with E-state index in [1.807, 2.05) is 0 Å². The molecule has 2 atom stereocenters. The lowest BCUT2D eigenvalue weighted by atomic mass is 9.91. The zero-order valence-corrected chi connectivity index (χ0v) is 11.6. The van der Waals surface area contributed by atoms with E-state index in [0.29, 0.717) is 24.1 Å². The van der Waals surface area contributed by atoms with Crippen LogP contribution in [0.3, 0.4) is 0 Å². The first-order chi connectivity index (χ1) is 9.56. The average molecular weight is 298 g/mol. The lowest BCUT2D eigenvalue weighted by Crippen LogP contribution is -2.62. The number of anilines is 2.